The van der Waals surface area contributed by atoms with Crippen LogP contribution >= 0.6 is 0 Å². The van der Waals surface area contributed by atoms with E-state index in [1.54, 1.807) is 11.0 Å². The normalized spacial score (nSPS) is 18.9. The van der Waals surface area contributed by atoms with Gasteiger partial charge in [-0.2, -0.15) is 5.10 Å². The molecule has 3 rings (SSSR count). The molecule has 1 aromatic carbocycles. The number of benzene rings is 1. The quantitative estimate of drug-likeness (QED) is 0.750. The smallest absolute Gasteiger partial charge is 0.221 e. The van der Waals surface area contributed by atoms with Gasteiger partial charge in [-0.05, 0) is 25.1 Å². The van der Waals surface area contributed by atoms with Crippen LogP contribution in [-0.2, 0) is 21.2 Å². The van der Waals surface area contributed by atoms with Crippen LogP contribution < -0.4 is 5.32 Å². The molecule has 1 aliphatic heterocycles. The highest BCUT2D eigenvalue weighted by Gasteiger charge is 2.30. The first-order chi connectivity index (χ1) is 12.4. The Bertz CT molecular complexity index is 851. The first-order valence-electron chi connectivity index (χ1n) is 8.55. The number of hydrogen-bond acceptors (Lipinski definition) is 6. The zero-order chi connectivity index (χ0) is 18.6. The molecule has 1 fully saturated rings. The Morgan fingerprint density at radius 1 is 1.38 bits per heavy atom. The van der Waals surface area contributed by atoms with Crippen LogP contribution in [-0.4, -0.2) is 65.1 Å². The van der Waals surface area contributed by atoms with Gasteiger partial charge in [0.05, 0.1) is 17.2 Å². The Balaban J connectivity index is 1.49. The van der Waals surface area contributed by atoms with Crippen LogP contribution in [0.2, 0.25) is 0 Å². The monoisotopic (exact) mass is 377 g/mol. The number of sulfone groups is 1. The van der Waals surface area contributed by atoms with Crippen molar-refractivity contribution in [3.05, 3.63) is 42.5 Å². The zero-order valence-electron chi connectivity index (χ0n) is 14.7. The van der Waals surface area contributed by atoms with E-state index in [1.807, 2.05) is 36.2 Å². The van der Waals surface area contributed by atoms with E-state index in [9.17, 15) is 13.2 Å². The number of nitrogens with one attached hydrogen (secondary N) is 1. The van der Waals surface area contributed by atoms with Crippen molar-refractivity contribution < 1.29 is 13.2 Å². The molecule has 0 saturated carbocycles. The first kappa shape index (κ1) is 18.5. The molecule has 1 aromatic heterocycles. The van der Waals surface area contributed by atoms with Crippen molar-refractivity contribution in [1.82, 2.24) is 25.0 Å². The molecule has 1 aliphatic rings. The second kappa shape index (κ2) is 7.96. The number of nitrogens with zero attached hydrogens (tertiary/aromatic N) is 4. The topological polar surface area (TPSA) is 97.2 Å². The fourth-order valence-electron chi connectivity index (χ4n) is 3.08. The molecule has 0 spiro atoms. The summed E-state index contributed by atoms with van der Waals surface area (Å²) in [6.45, 7) is 0.938. The van der Waals surface area contributed by atoms with Gasteiger partial charge in [-0.1, -0.05) is 18.2 Å². The lowest BCUT2D eigenvalue weighted by Crippen LogP contribution is -2.36. The minimum Gasteiger partial charge on any atom is -0.352 e. The molecule has 0 aliphatic carbocycles. The van der Waals surface area contributed by atoms with Gasteiger partial charge in [-0.3, -0.25) is 4.79 Å². The third kappa shape index (κ3) is 4.67. The zero-order valence-corrected chi connectivity index (χ0v) is 15.5. The number of hydrogen-bond donors (Lipinski definition) is 1. The predicted octanol–water partition coefficient (Wildman–Crippen LogP) is 0.392. The maximum Gasteiger partial charge on any atom is 0.221 e. The summed E-state index contributed by atoms with van der Waals surface area (Å²) in [6.07, 6.45) is 4.06. The van der Waals surface area contributed by atoms with E-state index in [4.69, 9.17) is 0 Å². The number of rotatable bonds is 7. The van der Waals surface area contributed by atoms with Crippen LogP contribution in [0.1, 0.15) is 18.4 Å². The standard InChI is InChI=1S/C17H23N5O3S/c1-21(15-7-9-26(24,25)11-15)8-6-17(23)19-10-14-4-2-3-5-16(14)22-13-18-12-20-22/h2-5,12-13,15H,6-11H2,1H3,(H,19,23)/t15-/m1/s1. The van der Waals surface area contributed by atoms with Crippen molar-refractivity contribution in [1.29, 1.82) is 0 Å². The SMILES string of the molecule is CN(CCC(=O)NCc1ccccc1-n1cncn1)[C@@H]1CCS(=O)(=O)C1. The highest BCUT2D eigenvalue weighted by molar-refractivity contribution is 7.91. The van der Waals surface area contributed by atoms with Crippen LogP contribution in [0.25, 0.3) is 5.69 Å². The molecule has 0 radical (unpaired) electrons. The van der Waals surface area contributed by atoms with Crippen LogP contribution in [0.3, 0.4) is 0 Å². The van der Waals surface area contributed by atoms with Crippen molar-refractivity contribution in [3.8, 4) is 5.69 Å². The van der Waals surface area contributed by atoms with Gasteiger partial charge in [-0.25, -0.2) is 18.1 Å². The van der Waals surface area contributed by atoms with Gasteiger partial charge in [0.2, 0.25) is 5.91 Å². The van der Waals surface area contributed by atoms with Crippen molar-refractivity contribution in [2.75, 3.05) is 25.1 Å². The number of carbonyl (C=O) groups is 1. The van der Waals surface area contributed by atoms with Crippen LogP contribution in [0, 0.1) is 0 Å². The Kier molecular flexibility index (Phi) is 5.67. The second-order valence-corrected chi connectivity index (χ2v) is 8.76. The molecule has 9 heteroatoms. The molecule has 8 nitrogen and oxygen atoms in total. The maximum atomic E-state index is 12.2. The van der Waals surface area contributed by atoms with E-state index in [0.717, 1.165) is 11.3 Å². The third-order valence-electron chi connectivity index (χ3n) is 4.66. The lowest BCUT2D eigenvalue weighted by atomic mass is 10.1. The summed E-state index contributed by atoms with van der Waals surface area (Å²) in [5.41, 5.74) is 1.82. The van der Waals surface area contributed by atoms with Gasteiger partial charge in [0.25, 0.3) is 0 Å². The Labute approximate surface area is 153 Å². The maximum absolute atomic E-state index is 12.2. The summed E-state index contributed by atoms with van der Waals surface area (Å²) < 4.78 is 24.8. The van der Waals surface area contributed by atoms with Gasteiger partial charge in [0.1, 0.15) is 12.7 Å². The van der Waals surface area contributed by atoms with E-state index in [2.05, 4.69) is 15.4 Å². The van der Waals surface area contributed by atoms with Crippen molar-refractivity contribution >= 4 is 15.7 Å². The molecule has 0 unspecified atom stereocenters. The lowest BCUT2D eigenvalue weighted by molar-refractivity contribution is -0.121. The van der Waals surface area contributed by atoms with Crippen LogP contribution in [0.4, 0.5) is 0 Å². The number of aromatic nitrogens is 3. The Morgan fingerprint density at radius 2 is 2.19 bits per heavy atom. The Hall–Kier alpha value is -2.26. The van der Waals surface area contributed by atoms with E-state index >= 15 is 0 Å². The van der Waals surface area contributed by atoms with Crippen molar-refractivity contribution in [2.45, 2.75) is 25.4 Å². The summed E-state index contributed by atoms with van der Waals surface area (Å²) >= 11 is 0. The lowest BCUT2D eigenvalue weighted by Gasteiger charge is -2.22. The summed E-state index contributed by atoms with van der Waals surface area (Å²) in [7, 11) is -1.03. The molecular weight excluding hydrogens is 354 g/mol. The molecular formula is C17H23N5O3S. The minimum atomic E-state index is -2.91. The molecule has 1 saturated heterocycles. The first-order valence-corrected chi connectivity index (χ1v) is 10.4. The number of carbonyl (C=O) groups excluding carboxylic acids is 1. The number of amides is 1. The van der Waals surface area contributed by atoms with Gasteiger partial charge >= 0.3 is 0 Å². The number of para-hydroxylation sites is 1. The largest absolute Gasteiger partial charge is 0.352 e. The van der Waals surface area contributed by atoms with E-state index < -0.39 is 9.84 Å². The highest BCUT2D eigenvalue weighted by atomic mass is 32.2. The third-order valence-corrected chi connectivity index (χ3v) is 6.41. The molecule has 140 valence electrons. The van der Waals surface area contributed by atoms with E-state index in [0.29, 0.717) is 25.9 Å². The van der Waals surface area contributed by atoms with Gasteiger partial charge < -0.3 is 10.2 Å². The summed E-state index contributed by atoms with van der Waals surface area (Å²) in [6, 6.07) is 7.70. The average Bonchev–Trinajstić information content (AvgIpc) is 3.27. The van der Waals surface area contributed by atoms with Crippen molar-refractivity contribution in [2.24, 2.45) is 0 Å². The predicted molar refractivity (Wildman–Crippen MR) is 97.5 cm³/mol. The average molecular weight is 377 g/mol. The molecule has 1 atom stereocenters. The fourth-order valence-corrected chi connectivity index (χ4v) is 4.89. The summed E-state index contributed by atoms with van der Waals surface area (Å²) in [5.74, 6) is 0.370. The highest BCUT2D eigenvalue weighted by Crippen LogP contribution is 2.16. The molecule has 1 amide bonds. The molecule has 1 N–H and O–H groups in total. The van der Waals surface area contributed by atoms with Gasteiger partial charge in [0.15, 0.2) is 9.84 Å². The molecule has 2 heterocycles. The van der Waals surface area contributed by atoms with E-state index in [1.165, 1.54) is 6.33 Å². The Morgan fingerprint density at radius 3 is 2.88 bits per heavy atom. The summed E-state index contributed by atoms with van der Waals surface area (Å²) in [4.78, 5) is 18.1. The van der Waals surface area contributed by atoms with Gasteiger partial charge in [-0.15, -0.1) is 0 Å². The molecule has 26 heavy (non-hydrogen) atoms. The fraction of sp³-hybridized carbons (Fsp3) is 0.471. The van der Waals surface area contributed by atoms with Crippen LogP contribution in [0.15, 0.2) is 36.9 Å². The second-order valence-electron chi connectivity index (χ2n) is 6.53. The molecule has 2 aromatic rings. The van der Waals surface area contributed by atoms with E-state index in [-0.39, 0.29) is 23.5 Å². The molecule has 0 bridgehead atoms. The van der Waals surface area contributed by atoms with Crippen molar-refractivity contribution in [3.63, 3.8) is 0 Å². The van der Waals surface area contributed by atoms with Gasteiger partial charge in [0, 0.05) is 25.6 Å². The van der Waals surface area contributed by atoms with Crippen LogP contribution in [0.5, 0.6) is 0 Å². The summed E-state index contributed by atoms with van der Waals surface area (Å²) in [5, 5.41) is 7.04. The minimum absolute atomic E-state index is 0.0147.